The van der Waals surface area contributed by atoms with E-state index in [0.29, 0.717) is 12.8 Å². The molecule has 5 nitrogen and oxygen atoms in total. The summed E-state index contributed by atoms with van der Waals surface area (Å²) in [5, 5.41) is 0. The maximum absolute atomic E-state index is 13.4. The molecular weight excluding hydrogens is 466 g/mol. The molecule has 174 valence electrons. The van der Waals surface area contributed by atoms with Crippen LogP contribution in [0, 0.1) is 28.1 Å². The number of nitrogens with two attached hydrogens (primary N) is 2. The first-order valence-corrected chi connectivity index (χ1v) is 12.8. The Morgan fingerprint density at radius 1 is 0.969 bits per heavy atom. The zero-order chi connectivity index (χ0) is 23.1. The molecule has 32 heavy (non-hydrogen) atoms. The number of benzene rings is 1. The minimum Gasteiger partial charge on any atom is -0.369 e. The first-order valence-electron chi connectivity index (χ1n) is 12.0. The van der Waals surface area contributed by atoms with Crippen molar-refractivity contribution in [1.82, 2.24) is 4.90 Å². The highest BCUT2D eigenvalue weighted by molar-refractivity contribution is 9.10. The Morgan fingerprint density at radius 2 is 1.53 bits per heavy atom. The van der Waals surface area contributed by atoms with Gasteiger partial charge >= 0.3 is 0 Å². The number of hydrogen-bond acceptors (Lipinski definition) is 3. The third-order valence-corrected chi connectivity index (χ3v) is 9.41. The average molecular weight is 502 g/mol. The minimum absolute atomic E-state index is 0.00824. The molecule has 4 rings (SSSR count). The summed E-state index contributed by atoms with van der Waals surface area (Å²) in [5.74, 6) is -0.726. The lowest BCUT2D eigenvalue weighted by Gasteiger charge is -2.48. The Morgan fingerprint density at radius 3 is 2.03 bits per heavy atom. The van der Waals surface area contributed by atoms with Gasteiger partial charge in [0.25, 0.3) is 0 Å². The molecule has 2 saturated carbocycles. The van der Waals surface area contributed by atoms with Gasteiger partial charge in [0.15, 0.2) is 0 Å². The van der Waals surface area contributed by atoms with Crippen LogP contribution in [0.15, 0.2) is 40.9 Å². The van der Waals surface area contributed by atoms with Crippen molar-refractivity contribution in [3.05, 3.63) is 46.5 Å². The van der Waals surface area contributed by atoms with Crippen LogP contribution in [0.4, 0.5) is 0 Å². The Balaban J connectivity index is 1.73. The summed E-state index contributed by atoms with van der Waals surface area (Å²) >= 11 is 3.49. The normalized spacial score (nSPS) is 31.5. The first kappa shape index (κ1) is 23.5. The highest BCUT2D eigenvalue weighted by Gasteiger charge is 2.81. The van der Waals surface area contributed by atoms with Crippen LogP contribution in [0.25, 0.3) is 0 Å². The monoisotopic (exact) mass is 501 g/mol. The van der Waals surface area contributed by atoms with Crippen molar-refractivity contribution in [1.29, 1.82) is 0 Å². The van der Waals surface area contributed by atoms with Crippen LogP contribution in [0.1, 0.15) is 51.5 Å². The number of carbonyl (C=O) groups excluding carboxylic acids is 2. The molecule has 0 saturated heterocycles. The molecule has 0 radical (unpaired) electrons. The molecule has 2 bridgehead atoms. The SMILES string of the molecule is CCN(CC)CCCC[C@@]1(C(N)=O)[C@@H]2C=C[C@@H](C23CC3)[C@@]1(Cc1ccc(Br)cc1)C(N)=O. The third-order valence-electron chi connectivity index (χ3n) is 8.89. The highest BCUT2D eigenvalue weighted by Crippen LogP contribution is 2.81. The maximum atomic E-state index is 13.4. The average Bonchev–Trinajstić information content (AvgIpc) is 3.43. The minimum atomic E-state index is -0.974. The number of nitrogens with zero attached hydrogens (tertiary/aromatic N) is 1. The fourth-order valence-corrected chi connectivity index (χ4v) is 7.50. The zero-order valence-electron chi connectivity index (χ0n) is 19.3. The molecule has 3 aliphatic carbocycles. The molecule has 1 aromatic carbocycles. The van der Waals surface area contributed by atoms with Gasteiger partial charge < -0.3 is 16.4 Å². The summed E-state index contributed by atoms with van der Waals surface area (Å²) in [6, 6.07) is 8.01. The summed E-state index contributed by atoms with van der Waals surface area (Å²) < 4.78 is 0.985. The molecule has 6 heteroatoms. The van der Waals surface area contributed by atoms with Gasteiger partial charge in [0.1, 0.15) is 0 Å². The molecule has 0 heterocycles. The zero-order valence-corrected chi connectivity index (χ0v) is 20.9. The number of carbonyl (C=O) groups is 2. The van der Waals surface area contributed by atoms with E-state index in [1.807, 2.05) is 24.3 Å². The summed E-state index contributed by atoms with van der Waals surface area (Å²) in [4.78, 5) is 29.2. The lowest BCUT2D eigenvalue weighted by molar-refractivity contribution is -0.151. The van der Waals surface area contributed by atoms with Crippen LogP contribution < -0.4 is 11.5 Å². The van der Waals surface area contributed by atoms with Gasteiger partial charge in [0, 0.05) is 4.47 Å². The first-order chi connectivity index (χ1) is 15.3. The number of halogens is 1. The Bertz CT molecular complexity index is 906. The van der Waals surface area contributed by atoms with E-state index in [1.54, 1.807) is 0 Å². The van der Waals surface area contributed by atoms with Crippen molar-refractivity contribution in [2.24, 2.45) is 39.5 Å². The second-order valence-electron chi connectivity index (χ2n) is 10.0. The van der Waals surface area contributed by atoms with Crippen molar-refractivity contribution < 1.29 is 9.59 Å². The third kappa shape index (κ3) is 3.28. The summed E-state index contributed by atoms with van der Waals surface area (Å²) in [6.45, 7) is 7.36. The Kier molecular flexibility index (Phi) is 6.32. The van der Waals surface area contributed by atoms with Crippen molar-refractivity contribution in [3.8, 4) is 0 Å². The Hall–Kier alpha value is -1.66. The summed E-state index contributed by atoms with van der Waals surface area (Å²) in [7, 11) is 0. The standard InChI is InChI=1S/C26H36BrN3O2/c1-3-30(4-2)16-6-5-13-25(22(28)31)20-11-12-21(24(20)14-15-24)26(25,23(29)32)17-18-7-9-19(27)10-8-18/h7-12,20-21H,3-6,13-17H2,1-2H3,(H2,28,31)(H2,29,32)/t20-,21+,25+,26+/m1/s1. The van der Waals surface area contributed by atoms with Crippen LogP contribution in [0.5, 0.6) is 0 Å². The molecule has 2 fully saturated rings. The summed E-state index contributed by atoms with van der Waals surface area (Å²) in [5.41, 5.74) is 11.6. The van der Waals surface area contributed by atoms with Crippen LogP contribution >= 0.6 is 15.9 Å². The van der Waals surface area contributed by atoms with Gasteiger partial charge in [-0.25, -0.2) is 0 Å². The fraction of sp³-hybridized carbons (Fsp3) is 0.615. The predicted molar refractivity (Wildman–Crippen MR) is 131 cm³/mol. The summed E-state index contributed by atoms with van der Waals surface area (Å²) in [6.07, 6.45) is 9.38. The number of amides is 2. The molecule has 2 amide bonds. The van der Waals surface area contributed by atoms with Gasteiger partial charge in [-0.05, 0) is 86.7 Å². The molecule has 3 aliphatic rings. The highest BCUT2D eigenvalue weighted by atomic mass is 79.9. The van der Waals surface area contributed by atoms with E-state index >= 15 is 0 Å². The quantitative estimate of drug-likeness (QED) is 0.354. The maximum Gasteiger partial charge on any atom is 0.225 e. The van der Waals surface area contributed by atoms with Gasteiger partial charge in [-0.1, -0.05) is 60.5 Å². The van der Waals surface area contributed by atoms with Crippen molar-refractivity contribution in [2.75, 3.05) is 19.6 Å². The van der Waals surface area contributed by atoms with Gasteiger partial charge in [-0.2, -0.15) is 0 Å². The van der Waals surface area contributed by atoms with Crippen molar-refractivity contribution in [3.63, 3.8) is 0 Å². The molecule has 4 atom stereocenters. The smallest absolute Gasteiger partial charge is 0.225 e. The van der Waals surface area contributed by atoms with Crippen molar-refractivity contribution >= 4 is 27.7 Å². The molecule has 0 aromatic heterocycles. The van der Waals surface area contributed by atoms with E-state index in [1.165, 1.54) is 0 Å². The van der Waals surface area contributed by atoms with Crippen molar-refractivity contribution in [2.45, 2.75) is 52.4 Å². The number of rotatable bonds is 11. The lowest BCUT2D eigenvalue weighted by atomic mass is 9.53. The predicted octanol–water partition coefficient (Wildman–Crippen LogP) is 4.04. The van der Waals surface area contributed by atoms with E-state index < -0.39 is 10.8 Å². The van der Waals surface area contributed by atoms with Crippen LogP contribution in [-0.2, 0) is 16.0 Å². The lowest BCUT2D eigenvalue weighted by Crippen LogP contribution is -2.60. The second-order valence-corrected chi connectivity index (χ2v) is 10.9. The molecule has 1 spiro atoms. The topological polar surface area (TPSA) is 89.4 Å². The largest absolute Gasteiger partial charge is 0.369 e. The van der Waals surface area contributed by atoms with Crippen LogP contribution in [-0.4, -0.2) is 36.3 Å². The number of primary amides is 2. The van der Waals surface area contributed by atoms with Crippen LogP contribution in [0.2, 0.25) is 0 Å². The number of hydrogen-bond donors (Lipinski definition) is 2. The Labute approximate surface area is 200 Å². The van der Waals surface area contributed by atoms with Gasteiger partial charge in [-0.15, -0.1) is 0 Å². The second kappa shape index (κ2) is 8.60. The number of allylic oxidation sites excluding steroid dienone is 2. The van der Waals surface area contributed by atoms with Gasteiger partial charge in [-0.3, -0.25) is 9.59 Å². The number of unbranched alkanes of at least 4 members (excludes halogenated alkanes) is 1. The molecular formula is C26H36BrN3O2. The van der Waals surface area contributed by atoms with E-state index in [-0.39, 0.29) is 29.1 Å². The van der Waals surface area contributed by atoms with Gasteiger partial charge in [0.2, 0.25) is 11.8 Å². The van der Waals surface area contributed by atoms with Crippen LogP contribution in [0.3, 0.4) is 0 Å². The van der Waals surface area contributed by atoms with E-state index in [0.717, 1.165) is 55.4 Å². The van der Waals surface area contributed by atoms with E-state index in [2.05, 4.69) is 46.8 Å². The molecule has 0 aliphatic heterocycles. The molecule has 4 N–H and O–H groups in total. The van der Waals surface area contributed by atoms with Gasteiger partial charge in [0.05, 0.1) is 10.8 Å². The van der Waals surface area contributed by atoms with E-state index in [4.69, 9.17) is 11.5 Å². The molecule has 0 unspecified atom stereocenters. The molecule has 1 aromatic rings. The van der Waals surface area contributed by atoms with E-state index in [9.17, 15) is 9.59 Å². The fourth-order valence-electron chi connectivity index (χ4n) is 7.24.